The Morgan fingerprint density at radius 1 is 1.04 bits per heavy atom. The molecule has 1 heterocycles. The zero-order valence-corrected chi connectivity index (χ0v) is 13.2. The molecule has 0 saturated heterocycles. The number of fused-ring (bicyclic) bond motifs is 1. The van der Waals surface area contributed by atoms with Gasteiger partial charge in [0.25, 0.3) is 10.0 Å². The van der Waals surface area contributed by atoms with Crippen molar-refractivity contribution in [1.29, 1.82) is 0 Å². The van der Waals surface area contributed by atoms with Gasteiger partial charge in [-0.25, -0.2) is 8.42 Å². The van der Waals surface area contributed by atoms with Crippen LogP contribution >= 0.6 is 0 Å². The predicted molar refractivity (Wildman–Crippen MR) is 84.2 cm³/mol. The third-order valence-corrected chi connectivity index (χ3v) is 4.62. The van der Waals surface area contributed by atoms with Crippen molar-refractivity contribution in [2.45, 2.75) is 4.90 Å². The highest BCUT2D eigenvalue weighted by Gasteiger charge is 2.19. The van der Waals surface area contributed by atoms with Crippen LogP contribution in [0.25, 0.3) is 11.0 Å². The number of nitrogens with zero attached hydrogens (tertiary/aromatic N) is 2. The van der Waals surface area contributed by atoms with Crippen molar-refractivity contribution in [2.24, 2.45) is 0 Å². The number of sulfonamides is 1. The molecule has 2 aromatic carbocycles. The molecule has 8 nitrogen and oxygen atoms in total. The molecule has 0 saturated carbocycles. The number of aromatic amines is 1. The van der Waals surface area contributed by atoms with Gasteiger partial charge in [-0.15, -0.1) is 0 Å². The summed E-state index contributed by atoms with van der Waals surface area (Å²) in [6.07, 6.45) is 0. The van der Waals surface area contributed by atoms with Gasteiger partial charge in [0.2, 0.25) is 0 Å². The largest absolute Gasteiger partial charge is 0.493 e. The molecule has 0 bridgehead atoms. The minimum Gasteiger partial charge on any atom is -0.493 e. The van der Waals surface area contributed by atoms with Crippen LogP contribution in [0.5, 0.6) is 11.5 Å². The first-order chi connectivity index (χ1) is 11.0. The number of hydrogen-bond acceptors (Lipinski definition) is 6. The molecule has 120 valence electrons. The molecule has 0 fully saturated rings. The average molecular weight is 334 g/mol. The van der Waals surface area contributed by atoms with Crippen LogP contribution in [0.2, 0.25) is 0 Å². The van der Waals surface area contributed by atoms with Gasteiger partial charge in [0.1, 0.15) is 11.0 Å². The Kier molecular flexibility index (Phi) is 3.78. The summed E-state index contributed by atoms with van der Waals surface area (Å²) >= 11 is 0. The third-order valence-electron chi connectivity index (χ3n) is 3.26. The van der Waals surface area contributed by atoms with E-state index in [0.29, 0.717) is 28.2 Å². The Hall–Kier alpha value is -2.81. The minimum absolute atomic E-state index is 0.0515. The molecule has 0 spiro atoms. The SMILES string of the molecule is COc1ccc(S(=O)(=O)Nc2cccc3n[nH]nc23)cc1OC. The molecule has 0 aliphatic carbocycles. The number of hydrogen-bond donors (Lipinski definition) is 2. The molecule has 3 rings (SSSR count). The van der Waals surface area contributed by atoms with Gasteiger partial charge in [-0.1, -0.05) is 6.07 Å². The maximum absolute atomic E-state index is 12.6. The monoisotopic (exact) mass is 334 g/mol. The summed E-state index contributed by atoms with van der Waals surface area (Å²) in [6.45, 7) is 0. The van der Waals surface area contributed by atoms with Gasteiger partial charge in [-0.05, 0) is 24.3 Å². The first-order valence-corrected chi connectivity index (χ1v) is 8.08. The van der Waals surface area contributed by atoms with Crippen molar-refractivity contribution in [1.82, 2.24) is 15.4 Å². The van der Waals surface area contributed by atoms with Crippen LogP contribution in [0.15, 0.2) is 41.3 Å². The molecule has 2 N–H and O–H groups in total. The number of benzene rings is 2. The average Bonchev–Trinajstić information content (AvgIpc) is 3.03. The second kappa shape index (κ2) is 5.76. The molecular formula is C14H14N4O4S. The number of aromatic nitrogens is 3. The summed E-state index contributed by atoms with van der Waals surface area (Å²) < 4.78 is 37.9. The second-order valence-corrected chi connectivity index (χ2v) is 6.30. The van der Waals surface area contributed by atoms with Gasteiger partial charge in [0.05, 0.1) is 24.8 Å². The van der Waals surface area contributed by atoms with Crippen LogP contribution in [0, 0.1) is 0 Å². The van der Waals surface area contributed by atoms with Crippen molar-refractivity contribution in [3.8, 4) is 11.5 Å². The van der Waals surface area contributed by atoms with E-state index in [4.69, 9.17) is 9.47 Å². The molecular weight excluding hydrogens is 320 g/mol. The lowest BCUT2D eigenvalue weighted by Gasteiger charge is -2.11. The maximum atomic E-state index is 12.6. The number of methoxy groups -OCH3 is 2. The van der Waals surface area contributed by atoms with Gasteiger partial charge in [-0.2, -0.15) is 15.4 Å². The smallest absolute Gasteiger partial charge is 0.262 e. The zero-order valence-electron chi connectivity index (χ0n) is 12.4. The van der Waals surface area contributed by atoms with E-state index in [1.54, 1.807) is 18.2 Å². The number of anilines is 1. The molecule has 23 heavy (non-hydrogen) atoms. The van der Waals surface area contributed by atoms with Crippen LogP contribution in [-0.2, 0) is 10.0 Å². The Balaban J connectivity index is 2.00. The van der Waals surface area contributed by atoms with E-state index in [0.717, 1.165) is 0 Å². The van der Waals surface area contributed by atoms with Gasteiger partial charge < -0.3 is 9.47 Å². The van der Waals surface area contributed by atoms with Gasteiger partial charge in [-0.3, -0.25) is 4.72 Å². The highest BCUT2D eigenvalue weighted by atomic mass is 32.2. The molecule has 0 aliphatic heterocycles. The number of rotatable bonds is 5. The van der Waals surface area contributed by atoms with Crippen LogP contribution in [0.1, 0.15) is 0 Å². The fourth-order valence-electron chi connectivity index (χ4n) is 2.14. The predicted octanol–water partition coefficient (Wildman–Crippen LogP) is 1.78. The summed E-state index contributed by atoms with van der Waals surface area (Å²) in [5.74, 6) is 0.778. The van der Waals surface area contributed by atoms with Gasteiger partial charge >= 0.3 is 0 Å². The molecule has 1 aromatic heterocycles. The van der Waals surface area contributed by atoms with E-state index in [1.807, 2.05) is 0 Å². The normalized spacial score (nSPS) is 11.4. The van der Waals surface area contributed by atoms with Crippen LogP contribution < -0.4 is 14.2 Å². The van der Waals surface area contributed by atoms with Gasteiger partial charge in [0.15, 0.2) is 11.5 Å². The Morgan fingerprint density at radius 2 is 1.83 bits per heavy atom. The quantitative estimate of drug-likeness (QED) is 0.736. The van der Waals surface area contributed by atoms with Crippen LogP contribution in [0.4, 0.5) is 5.69 Å². The minimum atomic E-state index is -3.81. The Bertz CT molecular complexity index is 952. The lowest BCUT2D eigenvalue weighted by atomic mass is 10.3. The molecule has 3 aromatic rings. The van der Waals surface area contributed by atoms with E-state index in [-0.39, 0.29) is 4.90 Å². The van der Waals surface area contributed by atoms with E-state index in [1.165, 1.54) is 32.4 Å². The van der Waals surface area contributed by atoms with E-state index < -0.39 is 10.0 Å². The van der Waals surface area contributed by atoms with E-state index >= 15 is 0 Å². The highest BCUT2D eigenvalue weighted by molar-refractivity contribution is 7.92. The lowest BCUT2D eigenvalue weighted by Crippen LogP contribution is -2.13. The molecule has 0 amide bonds. The fourth-order valence-corrected chi connectivity index (χ4v) is 3.22. The summed E-state index contributed by atoms with van der Waals surface area (Å²) in [6, 6.07) is 9.40. The first kappa shape index (κ1) is 15.1. The van der Waals surface area contributed by atoms with Crippen molar-refractivity contribution in [3.63, 3.8) is 0 Å². The molecule has 0 unspecified atom stereocenters. The summed E-state index contributed by atoms with van der Waals surface area (Å²) in [5.41, 5.74) is 1.35. The van der Waals surface area contributed by atoms with Crippen molar-refractivity contribution in [2.75, 3.05) is 18.9 Å². The van der Waals surface area contributed by atoms with Crippen LogP contribution in [0.3, 0.4) is 0 Å². The Morgan fingerprint density at radius 3 is 2.57 bits per heavy atom. The maximum Gasteiger partial charge on any atom is 0.262 e. The second-order valence-electron chi connectivity index (χ2n) is 4.62. The molecule has 9 heteroatoms. The fraction of sp³-hybridized carbons (Fsp3) is 0.143. The number of H-pyrrole nitrogens is 1. The van der Waals surface area contributed by atoms with Crippen molar-refractivity contribution in [3.05, 3.63) is 36.4 Å². The van der Waals surface area contributed by atoms with E-state index in [9.17, 15) is 8.42 Å². The highest BCUT2D eigenvalue weighted by Crippen LogP contribution is 2.30. The van der Waals surface area contributed by atoms with Crippen molar-refractivity contribution >= 4 is 26.7 Å². The van der Waals surface area contributed by atoms with Crippen molar-refractivity contribution < 1.29 is 17.9 Å². The number of nitrogens with one attached hydrogen (secondary N) is 2. The topological polar surface area (TPSA) is 106 Å². The standard InChI is InChI=1S/C14H14N4O4S/c1-21-12-7-6-9(8-13(12)22-2)23(19,20)17-11-5-3-4-10-14(11)16-18-15-10/h3-8,17H,1-2H3,(H,15,16,18). The third kappa shape index (κ3) is 2.78. The lowest BCUT2D eigenvalue weighted by molar-refractivity contribution is 0.354. The number of para-hydroxylation sites is 1. The van der Waals surface area contributed by atoms with Gasteiger partial charge in [0, 0.05) is 6.07 Å². The summed E-state index contributed by atoms with van der Waals surface area (Å²) in [7, 11) is -0.884. The molecule has 0 aliphatic rings. The Labute approximate surface area is 132 Å². The molecule has 0 radical (unpaired) electrons. The zero-order chi connectivity index (χ0) is 16.4. The van der Waals surface area contributed by atoms with E-state index in [2.05, 4.69) is 20.1 Å². The molecule has 0 atom stereocenters. The number of ether oxygens (including phenoxy) is 2. The summed E-state index contributed by atoms with van der Waals surface area (Å²) in [5, 5.41) is 10.3. The summed E-state index contributed by atoms with van der Waals surface area (Å²) in [4.78, 5) is 0.0515. The van der Waals surface area contributed by atoms with Crippen LogP contribution in [-0.4, -0.2) is 38.0 Å². The first-order valence-electron chi connectivity index (χ1n) is 6.59.